The third kappa shape index (κ3) is 1.77. The van der Waals surface area contributed by atoms with Crippen molar-refractivity contribution in [1.29, 1.82) is 0 Å². The normalized spacial score (nSPS) is 9.80. The van der Waals surface area contributed by atoms with Crippen molar-refractivity contribution in [1.82, 2.24) is 4.98 Å². The summed E-state index contributed by atoms with van der Waals surface area (Å²) in [5.74, 6) is 0. The third-order valence-corrected chi connectivity index (χ3v) is 1.71. The number of alkyl halides is 2. The fourth-order valence-corrected chi connectivity index (χ4v) is 0.990. The smallest absolute Gasteiger partial charge is 0.131 e. The molecular formula is C7H7BrFN. The van der Waals surface area contributed by atoms with Crippen LogP contribution in [0.15, 0.2) is 18.2 Å². The number of hydrogen-bond acceptors (Lipinski definition) is 1. The van der Waals surface area contributed by atoms with Crippen LogP contribution in [0.5, 0.6) is 0 Å². The van der Waals surface area contributed by atoms with Crippen LogP contribution in [-0.4, -0.2) is 4.98 Å². The Hall–Kier alpha value is -0.440. The average Bonchev–Trinajstić information content (AvgIpc) is 2.05. The number of rotatable bonds is 2. The highest BCUT2D eigenvalue weighted by Crippen LogP contribution is 2.04. The lowest BCUT2D eigenvalue weighted by molar-refractivity contribution is 0.475. The summed E-state index contributed by atoms with van der Waals surface area (Å²) in [6.07, 6.45) is 0. The molecule has 0 amide bonds. The lowest BCUT2D eigenvalue weighted by Gasteiger charge is -1.95. The maximum atomic E-state index is 12.0. The van der Waals surface area contributed by atoms with E-state index in [4.69, 9.17) is 0 Å². The van der Waals surface area contributed by atoms with Crippen LogP contribution >= 0.6 is 15.9 Å². The summed E-state index contributed by atoms with van der Waals surface area (Å²) in [7, 11) is 0. The molecule has 0 fully saturated rings. The second kappa shape index (κ2) is 3.66. The third-order valence-electron chi connectivity index (χ3n) is 1.14. The molecule has 0 bridgehead atoms. The van der Waals surface area contributed by atoms with Gasteiger partial charge in [0.1, 0.15) is 6.67 Å². The largest absolute Gasteiger partial charge is 0.254 e. The van der Waals surface area contributed by atoms with E-state index in [1.54, 1.807) is 12.1 Å². The summed E-state index contributed by atoms with van der Waals surface area (Å²) in [5.41, 5.74) is 1.37. The van der Waals surface area contributed by atoms with Gasteiger partial charge in [0.25, 0.3) is 0 Å². The molecule has 0 aliphatic rings. The quantitative estimate of drug-likeness (QED) is 0.674. The molecule has 1 nitrogen and oxygen atoms in total. The Bertz CT molecular complexity index is 195. The summed E-state index contributed by atoms with van der Waals surface area (Å²) in [6, 6.07) is 5.33. The van der Waals surface area contributed by atoms with Crippen LogP contribution in [0.2, 0.25) is 0 Å². The van der Waals surface area contributed by atoms with E-state index in [9.17, 15) is 4.39 Å². The molecule has 0 radical (unpaired) electrons. The molecule has 0 atom stereocenters. The molecule has 1 aromatic heterocycles. The van der Waals surface area contributed by atoms with Crippen LogP contribution in [0.4, 0.5) is 4.39 Å². The summed E-state index contributed by atoms with van der Waals surface area (Å²) in [5, 5.41) is 0.681. The van der Waals surface area contributed by atoms with Gasteiger partial charge in [-0.15, -0.1) is 0 Å². The predicted octanol–water partition coefficient (Wildman–Crippen LogP) is 2.45. The van der Waals surface area contributed by atoms with Crippen molar-refractivity contribution in [3.05, 3.63) is 29.6 Å². The van der Waals surface area contributed by atoms with Gasteiger partial charge in [-0.1, -0.05) is 22.0 Å². The van der Waals surface area contributed by atoms with E-state index in [-0.39, 0.29) is 0 Å². The Morgan fingerprint density at radius 1 is 1.40 bits per heavy atom. The van der Waals surface area contributed by atoms with Gasteiger partial charge in [-0.25, -0.2) is 4.39 Å². The van der Waals surface area contributed by atoms with Gasteiger partial charge < -0.3 is 0 Å². The molecular weight excluding hydrogens is 197 g/mol. The molecule has 0 aliphatic carbocycles. The van der Waals surface area contributed by atoms with Gasteiger partial charge in [0.15, 0.2) is 0 Å². The fourth-order valence-electron chi connectivity index (χ4n) is 0.678. The van der Waals surface area contributed by atoms with Crippen molar-refractivity contribution in [3.63, 3.8) is 0 Å². The summed E-state index contributed by atoms with van der Waals surface area (Å²) < 4.78 is 12.0. The molecule has 10 heavy (non-hydrogen) atoms. The molecule has 0 N–H and O–H groups in total. The first-order valence-corrected chi connectivity index (χ1v) is 4.05. The maximum absolute atomic E-state index is 12.0. The highest BCUT2D eigenvalue weighted by Gasteiger charge is 1.93. The number of halogens is 2. The van der Waals surface area contributed by atoms with E-state index < -0.39 is 6.67 Å². The van der Waals surface area contributed by atoms with E-state index in [1.165, 1.54) is 0 Å². The van der Waals surface area contributed by atoms with Gasteiger partial charge in [0.2, 0.25) is 0 Å². The zero-order valence-corrected chi connectivity index (χ0v) is 6.94. The topological polar surface area (TPSA) is 12.9 Å². The highest BCUT2D eigenvalue weighted by atomic mass is 79.9. The second-order valence-electron chi connectivity index (χ2n) is 1.89. The first kappa shape index (κ1) is 7.66. The number of aromatic nitrogens is 1. The molecule has 0 spiro atoms. The van der Waals surface area contributed by atoms with E-state index in [2.05, 4.69) is 20.9 Å². The van der Waals surface area contributed by atoms with Gasteiger partial charge in [0.05, 0.1) is 11.4 Å². The number of pyridine rings is 1. The second-order valence-corrected chi connectivity index (χ2v) is 2.45. The Labute approximate surface area is 67.4 Å². The van der Waals surface area contributed by atoms with Gasteiger partial charge >= 0.3 is 0 Å². The van der Waals surface area contributed by atoms with Gasteiger partial charge in [-0.3, -0.25) is 4.98 Å². The first-order chi connectivity index (χ1) is 4.86. The van der Waals surface area contributed by atoms with Crippen LogP contribution in [-0.2, 0) is 12.0 Å². The molecule has 1 heterocycles. The van der Waals surface area contributed by atoms with Crippen LogP contribution in [0, 0.1) is 0 Å². The van der Waals surface area contributed by atoms with Crippen molar-refractivity contribution < 1.29 is 4.39 Å². The predicted molar refractivity (Wildman–Crippen MR) is 41.7 cm³/mol. The average molecular weight is 204 g/mol. The molecule has 0 unspecified atom stereocenters. The van der Waals surface area contributed by atoms with Gasteiger partial charge in [-0.05, 0) is 12.1 Å². The minimum absolute atomic E-state index is 0.485. The zero-order valence-electron chi connectivity index (χ0n) is 5.35. The molecule has 54 valence electrons. The Balaban J connectivity index is 2.87. The lowest BCUT2D eigenvalue weighted by atomic mass is 10.3. The fraction of sp³-hybridized carbons (Fsp3) is 0.286. The van der Waals surface area contributed by atoms with E-state index >= 15 is 0 Å². The zero-order chi connectivity index (χ0) is 7.40. The molecule has 0 aromatic carbocycles. The Kier molecular flexibility index (Phi) is 2.81. The van der Waals surface area contributed by atoms with Gasteiger partial charge in [0, 0.05) is 5.33 Å². The molecule has 0 saturated carbocycles. The number of nitrogens with zero attached hydrogens (tertiary/aromatic N) is 1. The summed E-state index contributed by atoms with van der Waals surface area (Å²) in [4.78, 5) is 3.99. The van der Waals surface area contributed by atoms with E-state index in [0.717, 1.165) is 5.69 Å². The monoisotopic (exact) mass is 203 g/mol. The van der Waals surface area contributed by atoms with Crippen molar-refractivity contribution in [2.45, 2.75) is 12.0 Å². The van der Waals surface area contributed by atoms with Crippen LogP contribution < -0.4 is 0 Å². The molecule has 1 aromatic rings. The standard InChI is InChI=1S/C7H7BrFN/c8-4-6-2-1-3-7(5-9)10-6/h1-3H,4-5H2. The van der Waals surface area contributed by atoms with Crippen molar-refractivity contribution in [2.75, 3.05) is 0 Å². The maximum Gasteiger partial charge on any atom is 0.131 e. The Morgan fingerprint density at radius 3 is 2.70 bits per heavy atom. The van der Waals surface area contributed by atoms with Gasteiger partial charge in [-0.2, -0.15) is 0 Å². The summed E-state index contributed by atoms with van der Waals surface area (Å²) >= 11 is 3.24. The van der Waals surface area contributed by atoms with Crippen molar-refractivity contribution >= 4 is 15.9 Å². The lowest BCUT2D eigenvalue weighted by Crippen LogP contribution is -1.89. The minimum atomic E-state index is -0.485. The van der Waals surface area contributed by atoms with Crippen molar-refractivity contribution in [3.8, 4) is 0 Å². The molecule has 0 saturated heterocycles. The van der Waals surface area contributed by atoms with Crippen LogP contribution in [0.25, 0.3) is 0 Å². The van der Waals surface area contributed by atoms with Crippen molar-refractivity contribution in [2.24, 2.45) is 0 Å². The van der Waals surface area contributed by atoms with E-state index in [1.807, 2.05) is 6.07 Å². The summed E-state index contributed by atoms with van der Waals surface area (Å²) in [6.45, 7) is -0.485. The minimum Gasteiger partial charge on any atom is -0.254 e. The number of hydrogen-bond donors (Lipinski definition) is 0. The molecule has 1 rings (SSSR count). The van der Waals surface area contributed by atoms with Crippen LogP contribution in [0.3, 0.4) is 0 Å². The SMILES string of the molecule is FCc1cccc(CBr)n1. The molecule has 0 aliphatic heterocycles. The van der Waals surface area contributed by atoms with E-state index in [0.29, 0.717) is 11.0 Å². The Morgan fingerprint density at radius 2 is 2.10 bits per heavy atom. The van der Waals surface area contributed by atoms with Crippen LogP contribution in [0.1, 0.15) is 11.4 Å². The molecule has 3 heteroatoms. The first-order valence-electron chi connectivity index (χ1n) is 2.93. The highest BCUT2D eigenvalue weighted by molar-refractivity contribution is 9.08.